The van der Waals surface area contributed by atoms with Crippen LogP contribution in [0.3, 0.4) is 0 Å². The van der Waals surface area contributed by atoms with E-state index in [1.165, 1.54) is 24.3 Å². The highest BCUT2D eigenvalue weighted by Gasteiger charge is 2.15. The predicted molar refractivity (Wildman–Crippen MR) is 86.2 cm³/mol. The second-order valence-corrected chi connectivity index (χ2v) is 8.60. The molecule has 0 unspecified atom stereocenters. The van der Waals surface area contributed by atoms with E-state index in [-0.39, 0.29) is 9.79 Å². The number of aryl methyl sites for hydroxylation is 1. The zero-order valence-electron chi connectivity index (χ0n) is 12.3. The molecule has 0 aromatic heterocycles. The van der Waals surface area contributed by atoms with Crippen LogP contribution in [-0.2, 0) is 26.3 Å². The van der Waals surface area contributed by atoms with Crippen LogP contribution in [0.15, 0.2) is 58.3 Å². The van der Waals surface area contributed by atoms with E-state index >= 15 is 0 Å². The van der Waals surface area contributed by atoms with Gasteiger partial charge >= 0.3 is 0 Å². The molecular weight excluding hydrogens is 322 g/mol. The Morgan fingerprint density at radius 2 is 1.32 bits per heavy atom. The Labute approximate surface area is 131 Å². The van der Waals surface area contributed by atoms with Gasteiger partial charge in [-0.25, -0.2) is 16.8 Å². The number of hydrogen-bond donors (Lipinski definition) is 1. The molecule has 2 aromatic rings. The Hall–Kier alpha value is -1.86. The fourth-order valence-electron chi connectivity index (χ4n) is 1.89. The van der Waals surface area contributed by atoms with Gasteiger partial charge in [-0.15, -0.1) is 0 Å². The fourth-order valence-corrected chi connectivity index (χ4v) is 3.58. The van der Waals surface area contributed by atoms with Crippen LogP contribution in [0.4, 0.5) is 5.69 Å². The summed E-state index contributed by atoms with van der Waals surface area (Å²) >= 11 is 0. The summed E-state index contributed by atoms with van der Waals surface area (Å²) in [5, 5.41) is 0. The van der Waals surface area contributed by atoms with Gasteiger partial charge in [0.15, 0.2) is 9.84 Å². The van der Waals surface area contributed by atoms with Crippen LogP contribution in [0, 0.1) is 0 Å². The molecule has 2 aromatic carbocycles. The van der Waals surface area contributed by atoms with Crippen molar-refractivity contribution in [3.63, 3.8) is 0 Å². The minimum atomic E-state index is -3.74. The van der Waals surface area contributed by atoms with Gasteiger partial charge in [0.1, 0.15) is 0 Å². The zero-order chi connectivity index (χ0) is 16.4. The molecule has 118 valence electrons. The van der Waals surface area contributed by atoms with E-state index in [4.69, 9.17) is 0 Å². The lowest BCUT2D eigenvalue weighted by Gasteiger charge is -2.09. The summed E-state index contributed by atoms with van der Waals surface area (Å²) in [6, 6.07) is 12.2. The topological polar surface area (TPSA) is 80.3 Å². The number of hydrogen-bond acceptors (Lipinski definition) is 4. The van der Waals surface area contributed by atoms with Crippen molar-refractivity contribution in [2.75, 3.05) is 11.0 Å². The molecule has 2 rings (SSSR count). The molecule has 0 aliphatic carbocycles. The first-order valence-electron chi connectivity index (χ1n) is 6.64. The molecule has 0 atom stereocenters. The summed E-state index contributed by atoms with van der Waals surface area (Å²) in [7, 11) is -7.09. The van der Waals surface area contributed by atoms with Crippen molar-refractivity contribution >= 4 is 25.5 Å². The lowest BCUT2D eigenvalue weighted by atomic mass is 10.2. The van der Waals surface area contributed by atoms with E-state index < -0.39 is 19.9 Å². The first kappa shape index (κ1) is 16.5. The molecule has 0 heterocycles. The third kappa shape index (κ3) is 3.86. The third-order valence-electron chi connectivity index (χ3n) is 3.18. The zero-order valence-corrected chi connectivity index (χ0v) is 13.9. The Kier molecular flexibility index (Phi) is 4.58. The van der Waals surface area contributed by atoms with E-state index in [1.807, 2.05) is 19.1 Å². The highest BCUT2D eigenvalue weighted by molar-refractivity contribution is 7.92. The van der Waals surface area contributed by atoms with Crippen molar-refractivity contribution in [3.8, 4) is 0 Å². The van der Waals surface area contributed by atoms with Gasteiger partial charge in [0, 0.05) is 11.9 Å². The minimum Gasteiger partial charge on any atom is -0.280 e. The summed E-state index contributed by atoms with van der Waals surface area (Å²) in [5.41, 5.74) is 1.57. The van der Waals surface area contributed by atoms with Gasteiger partial charge in [-0.1, -0.05) is 19.1 Å². The average molecular weight is 339 g/mol. The maximum Gasteiger partial charge on any atom is 0.261 e. The van der Waals surface area contributed by atoms with Crippen LogP contribution in [0.1, 0.15) is 12.5 Å². The molecule has 0 bridgehead atoms. The second kappa shape index (κ2) is 6.10. The van der Waals surface area contributed by atoms with Crippen molar-refractivity contribution < 1.29 is 16.8 Å². The van der Waals surface area contributed by atoms with Crippen molar-refractivity contribution in [2.45, 2.75) is 23.1 Å². The van der Waals surface area contributed by atoms with Crippen molar-refractivity contribution in [2.24, 2.45) is 0 Å². The number of nitrogens with one attached hydrogen (secondary N) is 1. The molecule has 22 heavy (non-hydrogen) atoms. The van der Waals surface area contributed by atoms with Crippen LogP contribution in [0.5, 0.6) is 0 Å². The highest BCUT2D eigenvalue weighted by Crippen LogP contribution is 2.18. The van der Waals surface area contributed by atoms with E-state index in [2.05, 4.69) is 4.72 Å². The van der Waals surface area contributed by atoms with E-state index in [0.29, 0.717) is 5.69 Å². The molecule has 1 N–H and O–H groups in total. The highest BCUT2D eigenvalue weighted by atomic mass is 32.2. The number of rotatable bonds is 5. The summed E-state index contributed by atoms with van der Waals surface area (Å²) in [6.45, 7) is 2.02. The molecule has 0 radical (unpaired) electrons. The van der Waals surface area contributed by atoms with E-state index in [1.54, 1.807) is 12.1 Å². The monoisotopic (exact) mass is 339 g/mol. The van der Waals surface area contributed by atoms with Crippen molar-refractivity contribution in [1.29, 1.82) is 0 Å². The van der Waals surface area contributed by atoms with Gasteiger partial charge in [-0.2, -0.15) is 0 Å². The van der Waals surface area contributed by atoms with E-state index in [9.17, 15) is 16.8 Å². The normalized spacial score (nSPS) is 12.1. The van der Waals surface area contributed by atoms with Crippen LogP contribution in [-0.4, -0.2) is 23.1 Å². The van der Waals surface area contributed by atoms with Gasteiger partial charge < -0.3 is 0 Å². The van der Waals surface area contributed by atoms with Crippen molar-refractivity contribution in [3.05, 3.63) is 54.1 Å². The molecular formula is C15H17NO4S2. The average Bonchev–Trinajstić information content (AvgIpc) is 2.47. The minimum absolute atomic E-state index is 0.0134. The molecule has 0 fully saturated rings. The molecule has 0 amide bonds. The smallest absolute Gasteiger partial charge is 0.261 e. The van der Waals surface area contributed by atoms with Gasteiger partial charge in [0.2, 0.25) is 0 Å². The molecule has 0 aliphatic heterocycles. The first-order chi connectivity index (χ1) is 10.2. The second-order valence-electron chi connectivity index (χ2n) is 4.90. The lowest BCUT2D eigenvalue weighted by Crippen LogP contribution is -2.13. The summed E-state index contributed by atoms with van der Waals surface area (Å²) in [6.07, 6.45) is 1.95. The summed E-state index contributed by atoms with van der Waals surface area (Å²) in [4.78, 5) is 0.0956. The lowest BCUT2D eigenvalue weighted by molar-refractivity contribution is 0.597. The van der Waals surface area contributed by atoms with Gasteiger partial charge in [0.25, 0.3) is 10.0 Å². The molecule has 0 saturated carbocycles. The SMILES string of the molecule is CCc1ccc(NS(=O)(=O)c2ccc(S(C)(=O)=O)cc2)cc1. The molecule has 0 spiro atoms. The van der Waals surface area contributed by atoms with Gasteiger partial charge in [-0.3, -0.25) is 4.72 Å². The molecule has 7 heteroatoms. The Bertz CT molecular complexity index is 853. The number of anilines is 1. The number of benzene rings is 2. The molecule has 0 aliphatic rings. The summed E-state index contributed by atoms with van der Waals surface area (Å²) in [5.74, 6) is 0. The van der Waals surface area contributed by atoms with Crippen molar-refractivity contribution in [1.82, 2.24) is 0 Å². The largest absolute Gasteiger partial charge is 0.280 e. The number of sulfone groups is 1. The van der Waals surface area contributed by atoms with Crippen LogP contribution >= 0.6 is 0 Å². The number of sulfonamides is 1. The van der Waals surface area contributed by atoms with Crippen LogP contribution in [0.25, 0.3) is 0 Å². The standard InChI is InChI=1S/C15H17NO4S2/c1-3-12-4-6-13(7-5-12)16-22(19,20)15-10-8-14(9-11-15)21(2,17)18/h4-11,16H,3H2,1-2H3. The quantitative estimate of drug-likeness (QED) is 0.907. The Balaban J connectivity index is 2.26. The maximum absolute atomic E-state index is 12.3. The molecule has 0 saturated heterocycles. The van der Waals surface area contributed by atoms with Crippen LogP contribution in [0.2, 0.25) is 0 Å². The third-order valence-corrected chi connectivity index (χ3v) is 5.70. The maximum atomic E-state index is 12.3. The van der Waals surface area contributed by atoms with Crippen LogP contribution < -0.4 is 4.72 Å². The fraction of sp³-hybridized carbons (Fsp3) is 0.200. The molecule has 5 nitrogen and oxygen atoms in total. The van der Waals surface area contributed by atoms with E-state index in [0.717, 1.165) is 18.2 Å². The van der Waals surface area contributed by atoms with Gasteiger partial charge in [-0.05, 0) is 48.4 Å². The Morgan fingerprint density at radius 1 is 0.818 bits per heavy atom. The predicted octanol–water partition coefficient (Wildman–Crippen LogP) is 2.45. The first-order valence-corrected chi connectivity index (χ1v) is 10.0. The van der Waals surface area contributed by atoms with Gasteiger partial charge in [0.05, 0.1) is 9.79 Å². The Morgan fingerprint density at radius 3 is 1.77 bits per heavy atom. The summed E-state index contributed by atoms with van der Waals surface area (Å²) < 4.78 is 49.7.